The third-order valence-corrected chi connectivity index (χ3v) is 4.95. The lowest BCUT2D eigenvalue weighted by Crippen LogP contribution is -1.99. The number of nitrogens with zero attached hydrogens (tertiary/aromatic N) is 3. The van der Waals surface area contributed by atoms with Crippen molar-refractivity contribution in [2.75, 3.05) is 5.43 Å². The number of fused-ring (bicyclic) bond motifs is 1. The van der Waals surface area contributed by atoms with Crippen LogP contribution in [0.25, 0.3) is 22.3 Å². The Bertz CT molecular complexity index is 1190. The first-order chi connectivity index (χ1) is 13.6. The molecule has 0 radical (unpaired) electrons. The van der Waals surface area contributed by atoms with Crippen LogP contribution in [0.3, 0.4) is 0 Å². The summed E-state index contributed by atoms with van der Waals surface area (Å²) in [5.41, 5.74) is 5.26. The van der Waals surface area contributed by atoms with E-state index in [9.17, 15) is 0 Å². The molecular formula is C21H13Cl3N4. The molecule has 0 spiro atoms. The van der Waals surface area contributed by atoms with E-state index in [4.69, 9.17) is 34.8 Å². The Morgan fingerprint density at radius 2 is 1.61 bits per heavy atom. The molecule has 0 aliphatic rings. The second-order valence-corrected chi connectivity index (χ2v) is 7.18. The van der Waals surface area contributed by atoms with Crippen LogP contribution in [-0.4, -0.2) is 16.2 Å². The predicted octanol–water partition coefficient (Wildman–Crippen LogP) is 6.70. The fourth-order valence-corrected chi connectivity index (χ4v) is 3.37. The molecule has 4 aromatic rings. The van der Waals surface area contributed by atoms with Crippen LogP contribution in [0.15, 0.2) is 71.8 Å². The minimum atomic E-state index is 0.480. The highest BCUT2D eigenvalue weighted by atomic mass is 35.5. The van der Waals surface area contributed by atoms with Crippen molar-refractivity contribution >= 4 is 57.7 Å². The molecule has 1 aromatic heterocycles. The number of hydrogen-bond donors (Lipinski definition) is 1. The third kappa shape index (κ3) is 3.94. The van der Waals surface area contributed by atoms with Crippen molar-refractivity contribution in [2.45, 2.75) is 0 Å². The van der Waals surface area contributed by atoms with Gasteiger partial charge in [-0.3, -0.25) is 5.43 Å². The molecule has 1 N–H and O–H groups in total. The van der Waals surface area contributed by atoms with Crippen molar-refractivity contribution in [1.82, 2.24) is 9.97 Å². The molecule has 3 aromatic carbocycles. The summed E-state index contributed by atoms with van der Waals surface area (Å²) in [5, 5.41) is 6.78. The topological polar surface area (TPSA) is 50.2 Å². The van der Waals surface area contributed by atoms with Crippen LogP contribution in [0, 0.1) is 0 Å². The van der Waals surface area contributed by atoms with Crippen LogP contribution < -0.4 is 5.43 Å². The van der Waals surface area contributed by atoms with Gasteiger partial charge in [0.05, 0.1) is 16.8 Å². The second kappa shape index (κ2) is 8.15. The third-order valence-electron chi connectivity index (χ3n) is 4.05. The lowest BCUT2D eigenvalue weighted by Gasteiger charge is -2.09. The highest BCUT2D eigenvalue weighted by Crippen LogP contribution is 2.31. The van der Waals surface area contributed by atoms with Gasteiger partial charge in [0, 0.05) is 26.6 Å². The van der Waals surface area contributed by atoms with Crippen LogP contribution in [0.5, 0.6) is 0 Å². The summed E-state index contributed by atoms with van der Waals surface area (Å²) in [5.74, 6) is 1.05. The molecule has 0 aliphatic heterocycles. The number of halogens is 3. The van der Waals surface area contributed by atoms with Crippen molar-refractivity contribution in [2.24, 2.45) is 5.10 Å². The molecule has 0 aliphatic carbocycles. The van der Waals surface area contributed by atoms with Crippen LogP contribution in [0.4, 0.5) is 5.82 Å². The molecule has 0 amide bonds. The van der Waals surface area contributed by atoms with E-state index in [1.165, 1.54) is 0 Å². The quantitative estimate of drug-likeness (QED) is 0.291. The Labute approximate surface area is 176 Å². The molecular weight excluding hydrogens is 415 g/mol. The molecule has 4 nitrogen and oxygen atoms in total. The molecule has 4 rings (SSSR count). The number of benzene rings is 3. The monoisotopic (exact) mass is 426 g/mol. The smallest absolute Gasteiger partial charge is 0.163 e. The van der Waals surface area contributed by atoms with E-state index in [1.54, 1.807) is 24.4 Å². The van der Waals surface area contributed by atoms with E-state index in [1.807, 2.05) is 48.5 Å². The summed E-state index contributed by atoms with van der Waals surface area (Å²) >= 11 is 18.5. The first-order valence-corrected chi connectivity index (χ1v) is 9.51. The first kappa shape index (κ1) is 18.7. The van der Waals surface area contributed by atoms with Gasteiger partial charge in [0.1, 0.15) is 0 Å². The van der Waals surface area contributed by atoms with Gasteiger partial charge >= 0.3 is 0 Å². The van der Waals surface area contributed by atoms with E-state index in [0.29, 0.717) is 32.3 Å². The number of nitrogens with one attached hydrogen (secondary N) is 1. The summed E-state index contributed by atoms with van der Waals surface area (Å²) < 4.78 is 0. The van der Waals surface area contributed by atoms with E-state index < -0.39 is 0 Å². The summed E-state index contributed by atoms with van der Waals surface area (Å²) in [6, 6.07) is 20.3. The summed E-state index contributed by atoms with van der Waals surface area (Å²) in [6.45, 7) is 0. The Hall–Kier alpha value is -2.66. The van der Waals surface area contributed by atoms with Crippen molar-refractivity contribution in [3.63, 3.8) is 0 Å². The van der Waals surface area contributed by atoms with E-state index in [2.05, 4.69) is 20.5 Å². The van der Waals surface area contributed by atoms with Crippen LogP contribution in [-0.2, 0) is 0 Å². The highest BCUT2D eigenvalue weighted by Gasteiger charge is 2.12. The van der Waals surface area contributed by atoms with Gasteiger partial charge in [0.25, 0.3) is 0 Å². The standard InChI is InChI=1S/C21H13Cl3N4/c22-14-9-10-15(18(24)11-14)20-26-19-8-4-2-6-16(19)21(27-20)28-25-12-13-5-1-3-7-17(13)23/h1-12H,(H,26,27,28)/b25-12-. The molecule has 0 unspecified atom stereocenters. The molecule has 7 heteroatoms. The fraction of sp³-hybridized carbons (Fsp3) is 0. The molecule has 0 saturated heterocycles. The molecule has 0 saturated carbocycles. The Kier molecular flexibility index (Phi) is 5.44. The number of aromatic nitrogens is 2. The molecule has 0 fully saturated rings. The Balaban J connectivity index is 1.75. The molecule has 0 atom stereocenters. The predicted molar refractivity (Wildman–Crippen MR) is 118 cm³/mol. The second-order valence-electron chi connectivity index (χ2n) is 5.93. The minimum absolute atomic E-state index is 0.480. The average Bonchev–Trinajstić information content (AvgIpc) is 2.69. The van der Waals surface area contributed by atoms with Gasteiger partial charge in [-0.25, -0.2) is 9.97 Å². The summed E-state index contributed by atoms with van der Waals surface area (Å²) in [4.78, 5) is 9.24. The van der Waals surface area contributed by atoms with Gasteiger partial charge in [-0.1, -0.05) is 65.1 Å². The maximum atomic E-state index is 6.34. The molecule has 138 valence electrons. The van der Waals surface area contributed by atoms with Crippen LogP contribution in [0.1, 0.15) is 5.56 Å². The van der Waals surface area contributed by atoms with Crippen LogP contribution in [0.2, 0.25) is 15.1 Å². The lowest BCUT2D eigenvalue weighted by atomic mass is 10.2. The number of anilines is 1. The van der Waals surface area contributed by atoms with Gasteiger partial charge in [-0.15, -0.1) is 0 Å². The van der Waals surface area contributed by atoms with E-state index in [0.717, 1.165) is 16.5 Å². The largest absolute Gasteiger partial charge is 0.261 e. The molecule has 28 heavy (non-hydrogen) atoms. The number of rotatable bonds is 4. The summed E-state index contributed by atoms with van der Waals surface area (Å²) in [7, 11) is 0. The van der Waals surface area contributed by atoms with Crippen molar-refractivity contribution in [3.8, 4) is 11.4 Å². The van der Waals surface area contributed by atoms with Gasteiger partial charge in [0.15, 0.2) is 11.6 Å². The lowest BCUT2D eigenvalue weighted by molar-refractivity contribution is 1.19. The zero-order valence-electron chi connectivity index (χ0n) is 14.4. The van der Waals surface area contributed by atoms with Gasteiger partial charge in [0.2, 0.25) is 0 Å². The Morgan fingerprint density at radius 1 is 0.821 bits per heavy atom. The average molecular weight is 428 g/mol. The van der Waals surface area contributed by atoms with E-state index >= 15 is 0 Å². The van der Waals surface area contributed by atoms with Gasteiger partial charge in [-0.2, -0.15) is 5.10 Å². The summed E-state index contributed by atoms with van der Waals surface area (Å²) in [6.07, 6.45) is 1.65. The van der Waals surface area contributed by atoms with Crippen molar-refractivity contribution < 1.29 is 0 Å². The van der Waals surface area contributed by atoms with Crippen molar-refractivity contribution in [1.29, 1.82) is 0 Å². The zero-order chi connectivity index (χ0) is 19.5. The SMILES string of the molecule is Clc1ccc(-c2nc(N/N=C\c3ccccc3Cl)c3ccccc3n2)c(Cl)c1. The maximum absolute atomic E-state index is 6.34. The van der Waals surface area contributed by atoms with Gasteiger partial charge in [-0.05, 0) is 36.4 Å². The first-order valence-electron chi connectivity index (χ1n) is 8.37. The normalized spacial score (nSPS) is 11.2. The Morgan fingerprint density at radius 3 is 2.43 bits per heavy atom. The number of hydrogen-bond acceptors (Lipinski definition) is 4. The highest BCUT2D eigenvalue weighted by molar-refractivity contribution is 6.36. The fourth-order valence-electron chi connectivity index (χ4n) is 2.70. The van der Waals surface area contributed by atoms with Gasteiger partial charge < -0.3 is 0 Å². The number of hydrazone groups is 1. The minimum Gasteiger partial charge on any atom is -0.261 e. The molecule has 0 bridgehead atoms. The number of para-hydroxylation sites is 1. The zero-order valence-corrected chi connectivity index (χ0v) is 16.7. The molecule has 1 heterocycles. The maximum Gasteiger partial charge on any atom is 0.163 e. The van der Waals surface area contributed by atoms with E-state index in [-0.39, 0.29) is 0 Å². The van der Waals surface area contributed by atoms with Crippen LogP contribution >= 0.6 is 34.8 Å². The van der Waals surface area contributed by atoms with Crippen molar-refractivity contribution in [3.05, 3.63) is 87.4 Å².